The molecule has 0 aliphatic carbocycles. The van der Waals surface area contributed by atoms with E-state index in [9.17, 15) is 0 Å². The van der Waals surface area contributed by atoms with E-state index >= 15 is 0 Å². The molecule has 2 heteroatoms. The van der Waals surface area contributed by atoms with E-state index in [1.165, 1.54) is 73.8 Å². The van der Waals surface area contributed by atoms with Gasteiger partial charge < -0.3 is 14.9 Å². The Bertz CT molecular complexity index is 1590. The summed E-state index contributed by atoms with van der Waals surface area (Å²) in [6.45, 7) is 9.23. The van der Waals surface area contributed by atoms with Crippen LogP contribution >= 0.6 is 0 Å². The SMILES string of the molecule is CCCC[Si](C)(c1cc2c(-c3ccc(C)cc3)cccc2[cH-]1)c1cc2c(-c3ccc(C)cc3)cccc2[cH-]1.[CH3-].[CH3-].[Hf+4]. The van der Waals surface area contributed by atoms with E-state index in [4.69, 9.17) is 0 Å². The minimum absolute atomic E-state index is 0. The van der Waals surface area contributed by atoms with Gasteiger partial charge in [0.25, 0.3) is 0 Å². The maximum Gasteiger partial charge on any atom is 4.00 e. The van der Waals surface area contributed by atoms with Crippen LogP contribution in [0.15, 0.2) is 109 Å². The van der Waals surface area contributed by atoms with Crippen LogP contribution in [-0.2, 0) is 25.8 Å². The Labute approximate surface area is 268 Å². The van der Waals surface area contributed by atoms with Gasteiger partial charge in [-0.05, 0) is 25.0 Å². The second-order valence-electron chi connectivity index (χ2n) is 11.3. The fraction of sp³-hybridized carbons (Fsp3) is 0.179. The molecule has 0 unspecified atom stereocenters. The van der Waals surface area contributed by atoms with Gasteiger partial charge in [0.1, 0.15) is 0 Å². The molecule has 0 saturated heterocycles. The van der Waals surface area contributed by atoms with Crippen LogP contribution in [0.3, 0.4) is 0 Å². The van der Waals surface area contributed by atoms with Crippen LogP contribution in [0.4, 0.5) is 0 Å². The summed E-state index contributed by atoms with van der Waals surface area (Å²) in [5.74, 6) is 0. The molecule has 0 amide bonds. The van der Waals surface area contributed by atoms with Gasteiger partial charge >= 0.3 is 25.8 Å². The first-order valence-corrected chi connectivity index (χ1v) is 16.7. The van der Waals surface area contributed by atoms with Crippen molar-refractivity contribution < 1.29 is 25.8 Å². The topological polar surface area (TPSA) is 0 Å². The molecule has 0 N–H and O–H groups in total. The van der Waals surface area contributed by atoms with Crippen LogP contribution < -0.4 is 10.4 Å². The smallest absolute Gasteiger partial charge is 0.358 e. The predicted molar refractivity (Wildman–Crippen MR) is 183 cm³/mol. The number of fused-ring (bicyclic) bond motifs is 2. The van der Waals surface area contributed by atoms with Gasteiger partial charge in [-0.25, -0.2) is 0 Å². The molecule has 6 rings (SSSR count). The van der Waals surface area contributed by atoms with Crippen molar-refractivity contribution in [1.82, 2.24) is 0 Å². The molecule has 0 aliphatic heterocycles. The number of aryl methyl sites for hydroxylation is 2. The second kappa shape index (κ2) is 13.4. The maximum absolute atomic E-state index is 2.60. The summed E-state index contributed by atoms with van der Waals surface area (Å²) in [5, 5.41) is 8.63. The van der Waals surface area contributed by atoms with Crippen LogP contribution in [0.25, 0.3) is 43.8 Å². The molecule has 0 nitrogen and oxygen atoms in total. The van der Waals surface area contributed by atoms with Gasteiger partial charge in [0, 0.05) is 0 Å². The minimum atomic E-state index is -1.95. The fourth-order valence-electron chi connectivity index (χ4n) is 6.06. The molecule has 41 heavy (non-hydrogen) atoms. The Hall–Kier alpha value is -2.81. The van der Waals surface area contributed by atoms with E-state index in [-0.39, 0.29) is 40.7 Å². The van der Waals surface area contributed by atoms with Crippen molar-refractivity contribution in [2.75, 3.05) is 0 Å². The molecule has 0 aromatic heterocycles. The Morgan fingerprint density at radius 2 is 1.02 bits per heavy atom. The predicted octanol–water partition coefficient (Wildman–Crippen LogP) is 10.3. The zero-order chi connectivity index (χ0) is 26.3. The Balaban J connectivity index is 0.00000154. The van der Waals surface area contributed by atoms with Crippen LogP contribution in [0.1, 0.15) is 30.9 Å². The first-order chi connectivity index (χ1) is 18.5. The number of rotatable bonds is 7. The van der Waals surface area contributed by atoms with Crippen molar-refractivity contribution in [3.05, 3.63) is 135 Å². The summed E-state index contributed by atoms with van der Waals surface area (Å²) in [6.07, 6.45) is 2.49. The van der Waals surface area contributed by atoms with Crippen molar-refractivity contribution in [2.45, 2.75) is 46.2 Å². The molecule has 0 aliphatic rings. The van der Waals surface area contributed by atoms with E-state index < -0.39 is 8.07 Å². The quantitative estimate of drug-likeness (QED) is 0.114. The Morgan fingerprint density at radius 1 is 0.610 bits per heavy atom. The normalized spacial score (nSPS) is 11.1. The van der Waals surface area contributed by atoms with Crippen molar-refractivity contribution in [2.24, 2.45) is 0 Å². The van der Waals surface area contributed by atoms with E-state index in [1.54, 1.807) is 10.4 Å². The first-order valence-electron chi connectivity index (χ1n) is 14.0. The van der Waals surface area contributed by atoms with E-state index in [0.29, 0.717) is 0 Å². The Morgan fingerprint density at radius 3 is 1.41 bits per heavy atom. The van der Waals surface area contributed by atoms with Crippen molar-refractivity contribution >= 4 is 40.0 Å². The van der Waals surface area contributed by atoms with Gasteiger partial charge in [-0.15, -0.1) is 68.3 Å². The van der Waals surface area contributed by atoms with Crippen LogP contribution in [0.2, 0.25) is 12.6 Å². The molecule has 0 saturated carbocycles. The standard InChI is InChI=1S/C37H36Si.2CH3.Hf/c1-5-6-21-38(4,32-22-30-9-7-11-34(36(30)24-32)28-17-13-26(2)14-18-28)33-23-31-10-8-12-35(37(31)25-33)29-19-15-27(3)16-20-29;;;/h7-20,22-25H,5-6,21H2,1-4H3;2*1H3;/q-2;2*-1;+4. The molecular weight excluding hydrogens is 675 g/mol. The first kappa shape index (κ1) is 32.7. The molecular formula is C39H42HfSi. The molecule has 6 aromatic carbocycles. The third kappa shape index (κ3) is 6.20. The zero-order valence-corrected chi connectivity index (χ0v) is 30.1. The molecule has 0 atom stereocenters. The third-order valence-electron chi connectivity index (χ3n) is 8.53. The van der Waals surface area contributed by atoms with E-state index in [0.717, 1.165) is 0 Å². The largest absolute Gasteiger partial charge is 4.00 e. The summed E-state index contributed by atoms with van der Waals surface area (Å²) in [6, 6.07) is 42.9. The van der Waals surface area contributed by atoms with Crippen molar-refractivity contribution in [1.29, 1.82) is 0 Å². The molecule has 0 fully saturated rings. The van der Waals surface area contributed by atoms with Crippen LogP contribution in [0.5, 0.6) is 0 Å². The van der Waals surface area contributed by atoms with E-state index in [1.807, 2.05) is 0 Å². The molecule has 6 aromatic rings. The van der Waals surface area contributed by atoms with Crippen LogP contribution in [-0.4, -0.2) is 8.07 Å². The van der Waals surface area contributed by atoms with Crippen molar-refractivity contribution in [3.8, 4) is 22.3 Å². The average Bonchev–Trinajstić information content (AvgIpc) is 3.58. The molecule has 206 valence electrons. The summed E-state index contributed by atoms with van der Waals surface area (Å²) >= 11 is 0. The maximum atomic E-state index is 2.60. The van der Waals surface area contributed by atoms with Crippen molar-refractivity contribution in [3.63, 3.8) is 0 Å². The van der Waals surface area contributed by atoms with Gasteiger partial charge in [0.2, 0.25) is 0 Å². The van der Waals surface area contributed by atoms with E-state index in [2.05, 4.69) is 137 Å². The van der Waals surface area contributed by atoms with Gasteiger partial charge in [-0.1, -0.05) is 115 Å². The molecule has 0 bridgehead atoms. The summed E-state index contributed by atoms with van der Waals surface area (Å²) in [7, 11) is -1.95. The number of unbranched alkanes of at least 4 members (excludes halogenated alkanes) is 1. The zero-order valence-electron chi connectivity index (χ0n) is 25.5. The second-order valence-corrected chi connectivity index (χ2v) is 15.6. The number of benzene rings is 4. The summed E-state index contributed by atoms with van der Waals surface area (Å²) in [5.41, 5.74) is 7.90. The monoisotopic (exact) mass is 718 g/mol. The van der Waals surface area contributed by atoms with Gasteiger partial charge in [0.05, 0.1) is 8.07 Å². The molecule has 0 heterocycles. The number of hydrogen-bond donors (Lipinski definition) is 0. The molecule has 0 radical (unpaired) electrons. The average molecular weight is 717 g/mol. The third-order valence-corrected chi connectivity index (χ3v) is 13.0. The van der Waals surface area contributed by atoms with Gasteiger partial charge in [0.15, 0.2) is 0 Å². The van der Waals surface area contributed by atoms with Crippen LogP contribution in [0, 0.1) is 28.7 Å². The van der Waals surface area contributed by atoms with Gasteiger partial charge in [-0.2, -0.15) is 12.1 Å². The minimum Gasteiger partial charge on any atom is -0.358 e. The van der Waals surface area contributed by atoms with Gasteiger partial charge in [-0.3, -0.25) is 0 Å². The number of hydrogen-bond acceptors (Lipinski definition) is 0. The summed E-state index contributed by atoms with van der Waals surface area (Å²) in [4.78, 5) is 0. The fourth-order valence-corrected chi connectivity index (χ4v) is 9.91. The Kier molecular flexibility index (Phi) is 10.7. The summed E-state index contributed by atoms with van der Waals surface area (Å²) < 4.78 is 0. The molecule has 0 spiro atoms.